The number of ether oxygens (including phenoxy) is 4. The number of nitrogens with zero attached hydrogens (tertiary/aromatic N) is 2. The van der Waals surface area contributed by atoms with E-state index in [0.29, 0.717) is 17.1 Å². The molecule has 0 spiro atoms. The van der Waals surface area contributed by atoms with Gasteiger partial charge in [-0.2, -0.15) is 0 Å². The third kappa shape index (κ3) is 3.55. The zero-order valence-corrected chi connectivity index (χ0v) is 15.1. The molecule has 3 rings (SSSR count). The van der Waals surface area contributed by atoms with Crippen molar-refractivity contribution in [1.82, 2.24) is 9.38 Å². The van der Waals surface area contributed by atoms with Crippen LogP contribution in [0.15, 0.2) is 47.4 Å². The number of aromatic nitrogens is 2. The second kappa shape index (κ2) is 7.77. The van der Waals surface area contributed by atoms with Crippen LogP contribution < -0.4 is 19.8 Å². The van der Waals surface area contributed by atoms with Crippen LogP contribution in [0.4, 0.5) is 0 Å². The topological polar surface area (TPSA) is 88.4 Å². The van der Waals surface area contributed by atoms with Crippen LogP contribution in [-0.4, -0.2) is 36.7 Å². The van der Waals surface area contributed by atoms with Crippen molar-refractivity contribution in [2.24, 2.45) is 0 Å². The molecule has 27 heavy (non-hydrogen) atoms. The first-order valence-corrected chi connectivity index (χ1v) is 8.02. The van der Waals surface area contributed by atoms with E-state index in [0.717, 1.165) is 0 Å². The Bertz CT molecular complexity index is 1040. The van der Waals surface area contributed by atoms with Gasteiger partial charge in [0, 0.05) is 12.3 Å². The number of esters is 1. The summed E-state index contributed by atoms with van der Waals surface area (Å²) in [5, 5.41) is 0. The maximum absolute atomic E-state index is 12.5. The summed E-state index contributed by atoms with van der Waals surface area (Å²) < 4.78 is 22.5. The van der Waals surface area contributed by atoms with Gasteiger partial charge in [-0.25, -0.2) is 9.78 Å². The minimum Gasteiger partial charge on any atom is -0.493 e. The van der Waals surface area contributed by atoms with Gasteiger partial charge in [0.15, 0.2) is 11.5 Å². The molecule has 0 atom stereocenters. The molecule has 8 nitrogen and oxygen atoms in total. The Kier molecular flexibility index (Phi) is 5.25. The first-order valence-electron chi connectivity index (χ1n) is 8.02. The molecule has 140 valence electrons. The van der Waals surface area contributed by atoms with E-state index in [1.807, 2.05) is 0 Å². The van der Waals surface area contributed by atoms with Gasteiger partial charge in [0.25, 0.3) is 5.56 Å². The highest BCUT2D eigenvalue weighted by Crippen LogP contribution is 2.39. The molecular weight excluding hydrogens is 352 g/mol. The lowest BCUT2D eigenvalue weighted by Gasteiger charge is -2.15. The number of fused-ring (bicyclic) bond motifs is 1. The predicted molar refractivity (Wildman–Crippen MR) is 96.7 cm³/mol. The van der Waals surface area contributed by atoms with E-state index in [-0.39, 0.29) is 29.2 Å². The molecule has 2 heterocycles. The van der Waals surface area contributed by atoms with Crippen LogP contribution in [0.1, 0.15) is 16.1 Å². The number of carbonyl (C=O) groups is 1. The molecule has 0 bridgehead atoms. The van der Waals surface area contributed by atoms with E-state index in [2.05, 4.69) is 4.98 Å². The third-order valence-electron chi connectivity index (χ3n) is 3.90. The zero-order chi connectivity index (χ0) is 19.4. The molecule has 1 aromatic carbocycles. The van der Waals surface area contributed by atoms with Crippen molar-refractivity contribution < 1.29 is 23.7 Å². The van der Waals surface area contributed by atoms with Crippen molar-refractivity contribution in [3.05, 3.63) is 64.2 Å². The molecule has 0 saturated carbocycles. The quantitative estimate of drug-likeness (QED) is 0.614. The predicted octanol–water partition coefficient (Wildman–Crippen LogP) is 2.08. The molecule has 0 unspecified atom stereocenters. The van der Waals surface area contributed by atoms with Crippen LogP contribution in [0.2, 0.25) is 0 Å². The monoisotopic (exact) mass is 370 g/mol. The van der Waals surface area contributed by atoms with Gasteiger partial charge in [0.1, 0.15) is 17.8 Å². The van der Waals surface area contributed by atoms with Crippen LogP contribution in [0.5, 0.6) is 17.2 Å². The highest BCUT2D eigenvalue weighted by molar-refractivity contribution is 5.94. The first-order chi connectivity index (χ1) is 13.1. The average Bonchev–Trinajstić information content (AvgIpc) is 2.70. The van der Waals surface area contributed by atoms with E-state index in [4.69, 9.17) is 18.9 Å². The number of benzene rings is 1. The van der Waals surface area contributed by atoms with Crippen LogP contribution in [0, 0.1) is 0 Å². The molecule has 0 N–H and O–H groups in total. The molecule has 0 radical (unpaired) electrons. The van der Waals surface area contributed by atoms with E-state index >= 15 is 0 Å². The lowest BCUT2D eigenvalue weighted by molar-refractivity contribution is 0.0463. The summed E-state index contributed by atoms with van der Waals surface area (Å²) in [5.41, 5.74) is 0.738. The van der Waals surface area contributed by atoms with Crippen LogP contribution >= 0.6 is 0 Å². The summed E-state index contributed by atoms with van der Waals surface area (Å²) in [6.07, 6.45) is 1.62. The molecule has 0 fully saturated rings. The Morgan fingerprint density at radius 2 is 1.81 bits per heavy atom. The molecule has 0 amide bonds. The lowest BCUT2D eigenvalue weighted by Crippen LogP contribution is -2.16. The van der Waals surface area contributed by atoms with Crippen LogP contribution in [0.25, 0.3) is 5.65 Å². The van der Waals surface area contributed by atoms with Gasteiger partial charge >= 0.3 is 5.97 Å². The number of rotatable bonds is 6. The number of hydrogen-bond donors (Lipinski definition) is 0. The van der Waals surface area contributed by atoms with Crippen molar-refractivity contribution >= 4 is 11.6 Å². The molecule has 8 heteroatoms. The van der Waals surface area contributed by atoms with Gasteiger partial charge in [-0.1, -0.05) is 6.07 Å². The Morgan fingerprint density at radius 3 is 2.52 bits per heavy atom. The SMILES string of the molecule is COc1ccc(C(=O)OCc2cc(=O)n3ccccc3n2)c(OC)c1OC. The Balaban J connectivity index is 1.85. The zero-order valence-electron chi connectivity index (χ0n) is 15.1. The maximum atomic E-state index is 12.5. The van der Waals surface area contributed by atoms with Gasteiger partial charge < -0.3 is 18.9 Å². The maximum Gasteiger partial charge on any atom is 0.342 e. The largest absolute Gasteiger partial charge is 0.493 e. The second-order valence-corrected chi connectivity index (χ2v) is 5.47. The summed E-state index contributed by atoms with van der Waals surface area (Å²) in [7, 11) is 4.35. The van der Waals surface area contributed by atoms with E-state index in [1.165, 1.54) is 37.9 Å². The first kappa shape index (κ1) is 18.2. The Hall–Kier alpha value is -3.55. The number of hydrogen-bond acceptors (Lipinski definition) is 7. The number of carbonyl (C=O) groups excluding carboxylic acids is 1. The van der Waals surface area contributed by atoms with Gasteiger partial charge in [0.2, 0.25) is 5.75 Å². The van der Waals surface area contributed by atoms with Crippen LogP contribution in [-0.2, 0) is 11.3 Å². The number of pyridine rings is 1. The minimum atomic E-state index is -0.636. The molecular formula is C19H18N2O6. The van der Waals surface area contributed by atoms with E-state index in [9.17, 15) is 9.59 Å². The van der Waals surface area contributed by atoms with Crippen molar-refractivity contribution in [2.75, 3.05) is 21.3 Å². The fraction of sp³-hybridized carbons (Fsp3) is 0.211. The molecule has 0 aliphatic carbocycles. The number of methoxy groups -OCH3 is 3. The third-order valence-corrected chi connectivity index (χ3v) is 3.90. The minimum absolute atomic E-state index is 0.156. The van der Waals surface area contributed by atoms with Crippen molar-refractivity contribution in [1.29, 1.82) is 0 Å². The van der Waals surface area contributed by atoms with Gasteiger partial charge in [-0.15, -0.1) is 0 Å². The summed E-state index contributed by atoms with van der Waals surface area (Å²) in [6.45, 7) is -0.156. The van der Waals surface area contributed by atoms with E-state index in [1.54, 1.807) is 30.5 Å². The molecule has 3 aromatic rings. The highest BCUT2D eigenvalue weighted by Gasteiger charge is 2.22. The molecule has 0 aliphatic rings. The smallest absolute Gasteiger partial charge is 0.342 e. The summed E-state index contributed by atoms with van der Waals surface area (Å²) in [6, 6.07) is 9.63. The summed E-state index contributed by atoms with van der Waals surface area (Å²) in [5.74, 6) is 0.280. The second-order valence-electron chi connectivity index (χ2n) is 5.47. The molecule has 0 saturated heterocycles. The fourth-order valence-electron chi connectivity index (χ4n) is 2.66. The molecule has 2 aromatic heterocycles. The van der Waals surface area contributed by atoms with Crippen molar-refractivity contribution in [3.63, 3.8) is 0 Å². The Morgan fingerprint density at radius 1 is 1.04 bits per heavy atom. The normalized spacial score (nSPS) is 10.5. The van der Waals surface area contributed by atoms with Gasteiger partial charge in [0.05, 0.1) is 27.0 Å². The van der Waals surface area contributed by atoms with Crippen molar-refractivity contribution in [3.8, 4) is 17.2 Å². The van der Waals surface area contributed by atoms with Gasteiger partial charge in [-0.3, -0.25) is 9.20 Å². The summed E-state index contributed by atoms with van der Waals surface area (Å²) >= 11 is 0. The van der Waals surface area contributed by atoms with Gasteiger partial charge in [-0.05, 0) is 24.3 Å². The average molecular weight is 370 g/mol. The standard InChI is InChI=1S/C19H18N2O6/c1-24-14-8-7-13(17(25-2)18(14)26-3)19(23)27-11-12-10-16(22)21-9-5-4-6-15(21)20-12/h4-10H,11H2,1-3H3. The van der Waals surface area contributed by atoms with Crippen LogP contribution in [0.3, 0.4) is 0 Å². The van der Waals surface area contributed by atoms with Crippen molar-refractivity contribution in [2.45, 2.75) is 6.61 Å². The molecule has 0 aliphatic heterocycles. The summed E-state index contributed by atoms with van der Waals surface area (Å²) in [4.78, 5) is 28.9. The Labute approximate surface area is 154 Å². The highest BCUT2D eigenvalue weighted by atomic mass is 16.5. The lowest BCUT2D eigenvalue weighted by atomic mass is 10.1. The fourth-order valence-corrected chi connectivity index (χ4v) is 2.66. The van der Waals surface area contributed by atoms with E-state index < -0.39 is 5.97 Å².